The van der Waals surface area contributed by atoms with Crippen molar-refractivity contribution in [1.29, 1.82) is 0 Å². The first-order valence-electron chi connectivity index (χ1n) is 2.85. The van der Waals surface area contributed by atoms with Gasteiger partial charge in [0.2, 0.25) is 0 Å². The third-order valence-electron chi connectivity index (χ3n) is 0.365. The largest absolute Gasteiger partial charge is 0.478 e. The quantitative estimate of drug-likeness (QED) is 0.469. The highest BCUT2D eigenvalue weighted by atomic mass is 16.4. The van der Waals surface area contributed by atoms with Crippen LogP contribution in [-0.2, 0) is 9.53 Å². The van der Waals surface area contributed by atoms with Crippen LogP contribution in [0.2, 0.25) is 0 Å². The summed E-state index contributed by atoms with van der Waals surface area (Å²) in [5.74, 6) is -0.935. The molecule has 0 aromatic rings. The maximum absolute atomic E-state index is 9.60. The first-order valence-corrected chi connectivity index (χ1v) is 2.85. The summed E-state index contributed by atoms with van der Waals surface area (Å²) >= 11 is 0. The van der Waals surface area contributed by atoms with Crippen molar-refractivity contribution in [2.24, 2.45) is 0 Å². The Morgan fingerprint density at radius 2 is 1.45 bits per heavy atom. The van der Waals surface area contributed by atoms with Crippen molar-refractivity contribution in [3.8, 4) is 0 Å². The summed E-state index contributed by atoms with van der Waals surface area (Å²) in [5, 5.41) is 7.89. The van der Waals surface area contributed by atoms with Gasteiger partial charge in [0.25, 0.3) is 0 Å². The van der Waals surface area contributed by atoms with Gasteiger partial charge >= 0.3 is 5.97 Å². The normalized spacial score (nSPS) is 6.09. The zero-order valence-electron chi connectivity index (χ0n) is 7.39. The van der Waals surface area contributed by atoms with Crippen molar-refractivity contribution in [3.05, 3.63) is 25.3 Å². The van der Waals surface area contributed by atoms with E-state index >= 15 is 0 Å². The highest BCUT2D eigenvalue weighted by molar-refractivity contribution is 5.84. The maximum atomic E-state index is 9.60. The van der Waals surface area contributed by atoms with Gasteiger partial charge in [-0.3, -0.25) is 0 Å². The van der Waals surface area contributed by atoms with Gasteiger partial charge in [-0.2, -0.15) is 0 Å². The second-order valence-electron chi connectivity index (χ2n) is 1.49. The molecule has 1 N–H and O–H groups in total. The van der Waals surface area contributed by atoms with Crippen LogP contribution in [0.3, 0.4) is 0 Å². The minimum Gasteiger partial charge on any atom is -0.478 e. The lowest BCUT2D eigenvalue weighted by molar-refractivity contribution is -0.132. The van der Waals surface area contributed by atoms with E-state index in [4.69, 9.17) is 5.11 Å². The Bertz CT molecular complexity index is 95.9. The summed E-state index contributed by atoms with van der Waals surface area (Å²) in [6, 6.07) is 0. The number of rotatable bonds is 1. The van der Waals surface area contributed by atoms with E-state index in [1.807, 2.05) is 0 Å². The van der Waals surface area contributed by atoms with Crippen molar-refractivity contribution in [2.75, 3.05) is 14.2 Å². The Morgan fingerprint density at radius 1 is 1.36 bits per heavy atom. The molecule has 0 heterocycles. The second-order valence-corrected chi connectivity index (χ2v) is 1.49. The molecule has 11 heavy (non-hydrogen) atoms. The van der Waals surface area contributed by atoms with Crippen LogP contribution in [0, 0.1) is 0 Å². The lowest BCUT2D eigenvalue weighted by atomic mass is 10.4. The topological polar surface area (TPSA) is 46.5 Å². The van der Waals surface area contributed by atoms with Crippen molar-refractivity contribution < 1.29 is 14.6 Å². The van der Waals surface area contributed by atoms with Gasteiger partial charge in [-0.15, -0.1) is 13.2 Å². The van der Waals surface area contributed by atoms with E-state index < -0.39 is 5.97 Å². The molecule has 0 amide bonds. The molecule has 0 aliphatic rings. The molecule has 3 heteroatoms. The average molecular weight is 160 g/mol. The van der Waals surface area contributed by atoms with Gasteiger partial charge in [-0.25, -0.2) is 4.79 Å². The number of hydrogen-bond donors (Lipinski definition) is 1. The summed E-state index contributed by atoms with van der Waals surface area (Å²) in [5.41, 5.74) is 0.176. The first kappa shape index (κ1) is 16.5. The molecule has 0 bridgehead atoms. The fourth-order valence-electron chi connectivity index (χ4n) is 0. The standard InChI is InChI=1S/C4H6O2.C2H6O.C2H4/c1-3(2)4(5)6;1-3-2;1-2/h1H2,2H3,(H,5,6);1-2H3;1-2H2. The number of carbonyl (C=O) groups is 1. The van der Waals surface area contributed by atoms with Gasteiger partial charge in [0, 0.05) is 19.8 Å². The first-order chi connectivity index (χ1) is 5.06. The van der Waals surface area contributed by atoms with Crippen molar-refractivity contribution >= 4 is 5.97 Å². The predicted molar refractivity (Wildman–Crippen MR) is 46.6 cm³/mol. The minimum atomic E-state index is -0.935. The van der Waals surface area contributed by atoms with Crippen LogP contribution in [0.15, 0.2) is 25.3 Å². The number of aliphatic carboxylic acids is 1. The highest BCUT2D eigenvalue weighted by Crippen LogP contribution is 1.81. The zero-order valence-corrected chi connectivity index (χ0v) is 7.39. The molecule has 0 spiro atoms. The van der Waals surface area contributed by atoms with Crippen LogP contribution in [0.1, 0.15) is 6.92 Å². The van der Waals surface area contributed by atoms with Crippen molar-refractivity contribution in [2.45, 2.75) is 6.92 Å². The second kappa shape index (κ2) is 16.0. The predicted octanol–water partition coefficient (Wildman–Crippen LogP) is 1.71. The molecule has 0 saturated heterocycles. The Labute approximate surface area is 68.0 Å². The summed E-state index contributed by atoms with van der Waals surface area (Å²) < 4.78 is 4.25. The van der Waals surface area contributed by atoms with E-state index in [0.29, 0.717) is 0 Å². The number of carboxylic acids is 1. The lowest BCUT2D eigenvalue weighted by Crippen LogP contribution is -1.92. The summed E-state index contributed by atoms with van der Waals surface area (Å²) in [7, 11) is 3.25. The molecule has 0 aliphatic carbocycles. The van der Waals surface area contributed by atoms with Crippen LogP contribution in [0.4, 0.5) is 0 Å². The molecule has 0 aliphatic heterocycles. The molecule has 0 unspecified atom stereocenters. The lowest BCUT2D eigenvalue weighted by Gasteiger charge is -1.79. The molecule has 0 aromatic carbocycles. The van der Waals surface area contributed by atoms with E-state index in [2.05, 4.69) is 24.5 Å². The monoisotopic (exact) mass is 160 g/mol. The maximum Gasteiger partial charge on any atom is 0.330 e. The number of carboxylic acid groups (broad SMARTS) is 1. The van der Waals surface area contributed by atoms with E-state index in [-0.39, 0.29) is 5.57 Å². The van der Waals surface area contributed by atoms with Crippen LogP contribution in [-0.4, -0.2) is 25.3 Å². The molecule has 3 nitrogen and oxygen atoms in total. The minimum absolute atomic E-state index is 0.176. The number of methoxy groups -OCH3 is 1. The fraction of sp³-hybridized carbons (Fsp3) is 0.375. The number of hydrogen-bond acceptors (Lipinski definition) is 2. The Morgan fingerprint density at radius 3 is 1.45 bits per heavy atom. The van der Waals surface area contributed by atoms with Gasteiger partial charge in [0.05, 0.1) is 0 Å². The van der Waals surface area contributed by atoms with Gasteiger partial charge in [-0.1, -0.05) is 6.58 Å². The molecule has 66 valence electrons. The van der Waals surface area contributed by atoms with E-state index in [9.17, 15) is 4.79 Å². The van der Waals surface area contributed by atoms with E-state index in [0.717, 1.165) is 0 Å². The third kappa shape index (κ3) is 50.2. The Balaban J connectivity index is -0.000000109. The Hall–Kier alpha value is -1.09. The van der Waals surface area contributed by atoms with Gasteiger partial charge in [-0.05, 0) is 6.92 Å². The molecule has 0 rings (SSSR count). The van der Waals surface area contributed by atoms with E-state index in [1.165, 1.54) is 6.92 Å². The van der Waals surface area contributed by atoms with Gasteiger partial charge in [0.15, 0.2) is 0 Å². The average Bonchev–Trinajstić information content (AvgIpc) is 1.93. The molecule has 0 fully saturated rings. The summed E-state index contributed by atoms with van der Waals surface area (Å²) in [6.07, 6.45) is 0. The zero-order chi connectivity index (χ0) is 9.86. The van der Waals surface area contributed by atoms with Crippen LogP contribution in [0.5, 0.6) is 0 Å². The molecular formula is C8H16O3. The third-order valence-corrected chi connectivity index (χ3v) is 0.365. The summed E-state index contributed by atoms with van der Waals surface area (Å²) in [4.78, 5) is 9.60. The van der Waals surface area contributed by atoms with Gasteiger partial charge < -0.3 is 9.84 Å². The SMILES string of the molecule is C=C.C=C(C)C(=O)O.COC. The van der Waals surface area contributed by atoms with Crippen LogP contribution in [0.25, 0.3) is 0 Å². The van der Waals surface area contributed by atoms with Crippen LogP contribution >= 0.6 is 0 Å². The molecule has 0 saturated carbocycles. The van der Waals surface area contributed by atoms with Crippen molar-refractivity contribution in [3.63, 3.8) is 0 Å². The molecular weight excluding hydrogens is 144 g/mol. The number of ether oxygens (including phenoxy) is 1. The fourth-order valence-corrected chi connectivity index (χ4v) is 0. The molecule has 0 radical (unpaired) electrons. The van der Waals surface area contributed by atoms with Crippen LogP contribution < -0.4 is 0 Å². The molecule has 0 aromatic heterocycles. The molecule has 0 atom stereocenters. The van der Waals surface area contributed by atoms with Crippen molar-refractivity contribution in [1.82, 2.24) is 0 Å². The Kier molecular flexibility index (Phi) is 23.9. The smallest absolute Gasteiger partial charge is 0.330 e. The highest BCUT2D eigenvalue weighted by Gasteiger charge is 1.90. The van der Waals surface area contributed by atoms with E-state index in [1.54, 1.807) is 14.2 Å². The van der Waals surface area contributed by atoms with Gasteiger partial charge in [0.1, 0.15) is 0 Å². The summed E-state index contributed by atoms with van der Waals surface area (Å²) in [6.45, 7) is 10.6.